The number of pyridine rings is 1. The molecular formula is C41H30N5-. The number of benzene rings is 6. The minimum Gasteiger partial charge on any atom is -0.613 e. The maximum absolute atomic E-state index is 5.23. The molecule has 1 aliphatic rings. The standard InChI is InChI=1S/C41H30N5/c1-45-39(29-12-4-2-5-13-29)43-38(44-40(45)30-14-6-3-7-15-30)28-22-20-27(21-23-28)31-24-25-33-34(26-31)32-16-8-10-18-36(32)46-37-19-11-9-17-35(37)42-41(33)46/h2-26,38-39H,1H3/q-1. The number of fused-ring (bicyclic) bond motifs is 8. The van der Waals surface area contributed by atoms with Crippen LogP contribution in [0.5, 0.6) is 0 Å². The van der Waals surface area contributed by atoms with Crippen molar-refractivity contribution in [3.63, 3.8) is 0 Å². The van der Waals surface area contributed by atoms with Gasteiger partial charge in [-0.25, -0.2) is 4.98 Å². The van der Waals surface area contributed by atoms with Crippen molar-refractivity contribution in [2.24, 2.45) is 4.99 Å². The SMILES string of the molecule is CN1C(c2ccccc2)=NC(c2ccc(-c3ccc4c(c3)c3ccccc3n3c5ccccc5nc43)cc2)[N-]C1c1ccccc1. The van der Waals surface area contributed by atoms with E-state index < -0.39 is 0 Å². The molecule has 6 aromatic carbocycles. The van der Waals surface area contributed by atoms with Gasteiger partial charge in [-0.2, -0.15) is 0 Å². The van der Waals surface area contributed by atoms with Crippen LogP contribution in [0, 0.1) is 0 Å². The van der Waals surface area contributed by atoms with Crippen LogP contribution < -0.4 is 0 Å². The number of rotatable bonds is 4. The summed E-state index contributed by atoms with van der Waals surface area (Å²) in [4.78, 5) is 12.4. The molecule has 0 spiro atoms. The van der Waals surface area contributed by atoms with Gasteiger partial charge >= 0.3 is 0 Å². The van der Waals surface area contributed by atoms with Crippen molar-refractivity contribution in [1.82, 2.24) is 14.3 Å². The summed E-state index contributed by atoms with van der Waals surface area (Å²) in [5.41, 5.74) is 9.92. The molecule has 3 heterocycles. The second-order valence-electron chi connectivity index (χ2n) is 11.9. The van der Waals surface area contributed by atoms with Crippen LogP contribution in [-0.4, -0.2) is 27.2 Å². The van der Waals surface area contributed by atoms with Gasteiger partial charge in [0.1, 0.15) is 11.5 Å². The lowest BCUT2D eigenvalue weighted by atomic mass is 9.98. The van der Waals surface area contributed by atoms with Crippen molar-refractivity contribution in [3.8, 4) is 11.1 Å². The lowest BCUT2D eigenvalue weighted by molar-refractivity contribution is 0.384. The number of para-hydroxylation sites is 3. The summed E-state index contributed by atoms with van der Waals surface area (Å²) in [7, 11) is 2.08. The fraction of sp³-hybridized carbons (Fsp3) is 0.0732. The first-order valence-electron chi connectivity index (χ1n) is 15.7. The molecule has 46 heavy (non-hydrogen) atoms. The molecule has 2 unspecified atom stereocenters. The van der Waals surface area contributed by atoms with E-state index in [1.807, 2.05) is 12.1 Å². The Hall–Kier alpha value is -5.78. The average Bonchev–Trinajstić information content (AvgIpc) is 3.53. The Labute approximate surface area is 267 Å². The number of aromatic nitrogens is 2. The van der Waals surface area contributed by atoms with Crippen molar-refractivity contribution in [3.05, 3.63) is 174 Å². The number of imidazole rings is 1. The van der Waals surface area contributed by atoms with E-state index in [9.17, 15) is 0 Å². The maximum atomic E-state index is 5.23. The van der Waals surface area contributed by atoms with Crippen LogP contribution in [0.1, 0.15) is 29.0 Å². The predicted octanol–water partition coefficient (Wildman–Crippen LogP) is 9.92. The zero-order valence-corrected chi connectivity index (χ0v) is 25.3. The minimum atomic E-state index is -0.311. The monoisotopic (exact) mass is 592 g/mol. The van der Waals surface area contributed by atoms with Gasteiger partial charge in [0.2, 0.25) is 0 Å². The Balaban J connectivity index is 1.13. The van der Waals surface area contributed by atoms with E-state index in [0.29, 0.717) is 0 Å². The zero-order chi connectivity index (χ0) is 30.6. The highest BCUT2D eigenvalue weighted by atomic mass is 15.4. The quantitative estimate of drug-likeness (QED) is 0.191. The van der Waals surface area contributed by atoms with Crippen LogP contribution in [0.4, 0.5) is 0 Å². The zero-order valence-electron chi connectivity index (χ0n) is 25.3. The van der Waals surface area contributed by atoms with E-state index in [4.69, 9.17) is 15.3 Å². The molecule has 0 bridgehead atoms. The molecule has 1 aliphatic heterocycles. The molecule has 0 amide bonds. The highest BCUT2D eigenvalue weighted by molar-refractivity contribution is 6.14. The number of hydrogen-bond donors (Lipinski definition) is 0. The Bertz CT molecular complexity index is 2410. The van der Waals surface area contributed by atoms with Crippen LogP contribution in [-0.2, 0) is 0 Å². The molecule has 220 valence electrons. The summed E-state index contributed by atoms with van der Waals surface area (Å²) in [5.74, 6) is 0.943. The molecule has 0 saturated heterocycles. The Morgan fingerprint density at radius 3 is 2.02 bits per heavy atom. The smallest absolute Gasteiger partial charge is 0.146 e. The molecule has 9 rings (SSSR count). The third-order valence-corrected chi connectivity index (χ3v) is 9.16. The molecule has 0 aliphatic carbocycles. The van der Waals surface area contributed by atoms with Crippen LogP contribution in [0.15, 0.2) is 157 Å². The number of hydrogen-bond acceptors (Lipinski definition) is 3. The fourth-order valence-electron chi connectivity index (χ4n) is 6.89. The van der Waals surface area contributed by atoms with E-state index in [-0.39, 0.29) is 12.3 Å². The van der Waals surface area contributed by atoms with Crippen molar-refractivity contribution in [2.45, 2.75) is 12.3 Å². The molecule has 8 aromatic rings. The van der Waals surface area contributed by atoms with Gasteiger partial charge < -0.3 is 10.2 Å². The van der Waals surface area contributed by atoms with Gasteiger partial charge in [-0.15, -0.1) is 0 Å². The molecule has 2 atom stereocenters. The fourth-order valence-corrected chi connectivity index (χ4v) is 6.89. The van der Waals surface area contributed by atoms with E-state index in [2.05, 4.69) is 156 Å². The first kappa shape index (κ1) is 26.6. The topological polar surface area (TPSA) is 47.0 Å². The van der Waals surface area contributed by atoms with Crippen molar-refractivity contribution in [2.75, 3.05) is 7.05 Å². The first-order chi connectivity index (χ1) is 22.7. The van der Waals surface area contributed by atoms with Gasteiger partial charge in [0.05, 0.1) is 16.6 Å². The number of amidine groups is 1. The van der Waals surface area contributed by atoms with E-state index in [1.165, 1.54) is 16.3 Å². The summed E-state index contributed by atoms with van der Waals surface area (Å²) < 4.78 is 2.29. The predicted molar refractivity (Wildman–Crippen MR) is 189 cm³/mol. The maximum Gasteiger partial charge on any atom is 0.146 e. The van der Waals surface area contributed by atoms with Crippen molar-refractivity contribution in [1.29, 1.82) is 0 Å². The molecule has 5 nitrogen and oxygen atoms in total. The van der Waals surface area contributed by atoms with Crippen LogP contribution in [0.3, 0.4) is 0 Å². The molecule has 0 fully saturated rings. The normalized spacial score (nSPS) is 16.8. The molecule has 2 aromatic heterocycles. The van der Waals surface area contributed by atoms with Crippen LogP contribution >= 0.6 is 0 Å². The highest BCUT2D eigenvalue weighted by Gasteiger charge is 2.22. The lowest BCUT2D eigenvalue weighted by Gasteiger charge is -2.49. The summed E-state index contributed by atoms with van der Waals surface area (Å²) >= 11 is 0. The van der Waals surface area contributed by atoms with Crippen molar-refractivity contribution >= 4 is 44.2 Å². The number of aliphatic imine (C=N–C) groups is 1. The Kier molecular flexibility index (Phi) is 6.18. The van der Waals surface area contributed by atoms with Gasteiger partial charge in [-0.05, 0) is 70.3 Å². The highest BCUT2D eigenvalue weighted by Crippen LogP contribution is 2.41. The van der Waals surface area contributed by atoms with Gasteiger partial charge in [-0.3, -0.25) is 9.39 Å². The van der Waals surface area contributed by atoms with E-state index in [0.717, 1.165) is 55.7 Å². The summed E-state index contributed by atoms with van der Waals surface area (Å²) in [5, 5.41) is 8.80. The lowest BCUT2D eigenvalue weighted by Crippen LogP contribution is -2.36. The summed E-state index contributed by atoms with van der Waals surface area (Å²) in [6, 6.07) is 53.4. The average molecular weight is 593 g/mol. The number of nitrogens with zero attached hydrogens (tertiary/aromatic N) is 5. The summed E-state index contributed by atoms with van der Waals surface area (Å²) in [6.07, 6.45) is -0.447. The largest absolute Gasteiger partial charge is 0.613 e. The summed E-state index contributed by atoms with van der Waals surface area (Å²) in [6.45, 7) is 0. The third kappa shape index (κ3) is 4.28. The second-order valence-corrected chi connectivity index (χ2v) is 11.9. The molecule has 0 radical (unpaired) electrons. The van der Waals surface area contributed by atoms with Crippen LogP contribution in [0.25, 0.3) is 54.8 Å². The van der Waals surface area contributed by atoms with Crippen LogP contribution in [0.2, 0.25) is 0 Å². The minimum absolute atomic E-state index is 0.136. The van der Waals surface area contributed by atoms with Gasteiger partial charge in [0.25, 0.3) is 0 Å². The second kappa shape index (κ2) is 10.7. The molecule has 0 saturated carbocycles. The Morgan fingerprint density at radius 1 is 0.543 bits per heavy atom. The van der Waals surface area contributed by atoms with Gasteiger partial charge in [-0.1, -0.05) is 121 Å². The molecule has 0 N–H and O–H groups in total. The van der Waals surface area contributed by atoms with Crippen molar-refractivity contribution < 1.29 is 0 Å². The van der Waals surface area contributed by atoms with Gasteiger partial charge in [0, 0.05) is 23.4 Å². The third-order valence-electron chi connectivity index (χ3n) is 9.16. The van der Waals surface area contributed by atoms with E-state index in [1.54, 1.807) is 0 Å². The molecule has 5 heteroatoms. The van der Waals surface area contributed by atoms with E-state index >= 15 is 0 Å². The molecular weight excluding hydrogens is 562 g/mol. The first-order valence-corrected chi connectivity index (χ1v) is 15.7. The Morgan fingerprint density at radius 2 is 1.22 bits per heavy atom. The van der Waals surface area contributed by atoms with Gasteiger partial charge in [0.15, 0.2) is 0 Å².